The van der Waals surface area contributed by atoms with Gasteiger partial charge >= 0.3 is 6.01 Å². The predicted molar refractivity (Wildman–Crippen MR) is 118 cm³/mol. The van der Waals surface area contributed by atoms with Gasteiger partial charge in [0, 0.05) is 24.1 Å². The molecule has 1 spiro atoms. The smallest absolute Gasteiger partial charge is 0.318 e. The summed E-state index contributed by atoms with van der Waals surface area (Å²) in [6.07, 6.45) is 5.43. The predicted octanol–water partition coefficient (Wildman–Crippen LogP) is 2.85. The fraction of sp³-hybridized carbons (Fsp3) is 0.667. The van der Waals surface area contributed by atoms with Crippen LogP contribution < -0.4 is 9.64 Å². The third kappa shape index (κ3) is 4.34. The van der Waals surface area contributed by atoms with Gasteiger partial charge in [0.15, 0.2) is 0 Å². The molecule has 0 bridgehead atoms. The number of rotatable bonds is 6. The molecule has 178 valence electrons. The Morgan fingerprint density at radius 3 is 2.79 bits per heavy atom. The molecule has 2 unspecified atom stereocenters. The highest BCUT2D eigenvalue weighted by Gasteiger charge is 2.52. The first-order valence-corrected chi connectivity index (χ1v) is 12.1. The van der Waals surface area contributed by atoms with Crippen LogP contribution in [-0.4, -0.2) is 79.3 Å². The second kappa shape index (κ2) is 8.85. The lowest BCUT2D eigenvalue weighted by Gasteiger charge is -2.46. The van der Waals surface area contributed by atoms with Gasteiger partial charge in [0.2, 0.25) is 6.39 Å². The van der Waals surface area contributed by atoms with Crippen LogP contribution in [0.1, 0.15) is 37.2 Å². The molecule has 0 aliphatic carbocycles. The van der Waals surface area contributed by atoms with E-state index >= 15 is 0 Å². The topological polar surface area (TPSA) is 73.1 Å². The Bertz CT molecular complexity index is 938. The SMILES string of the molecule is Fc1ccc(OCC2CCOC2)c(C2CCN(C3COC4(C3)CN(c3nnco3)C4)CC2)c1. The number of aromatic nitrogens is 2. The lowest BCUT2D eigenvalue weighted by Crippen LogP contribution is -2.62. The van der Waals surface area contributed by atoms with Crippen LogP contribution in [0.25, 0.3) is 0 Å². The number of nitrogens with zero attached hydrogens (tertiary/aromatic N) is 4. The Kier molecular flexibility index (Phi) is 5.72. The fourth-order valence-electron chi connectivity index (χ4n) is 5.83. The van der Waals surface area contributed by atoms with Crippen molar-refractivity contribution in [2.45, 2.75) is 43.2 Å². The summed E-state index contributed by atoms with van der Waals surface area (Å²) in [5.74, 6) is 1.40. The summed E-state index contributed by atoms with van der Waals surface area (Å²) in [6, 6.07) is 5.98. The summed E-state index contributed by atoms with van der Waals surface area (Å²) < 4.78 is 37.2. The molecule has 9 heteroatoms. The molecule has 2 aromatic rings. The molecule has 2 atom stereocenters. The number of halogens is 1. The van der Waals surface area contributed by atoms with Crippen molar-refractivity contribution < 1.29 is 23.0 Å². The normalized spacial score (nSPS) is 27.8. The third-order valence-electron chi connectivity index (χ3n) is 7.72. The van der Waals surface area contributed by atoms with E-state index in [2.05, 4.69) is 20.0 Å². The standard InChI is InChI=1S/C24H31FN4O4/c25-19-1-2-22(31-12-17-5-8-30-11-17)21(9-19)18-3-6-28(7-4-18)20-10-24(33-13-20)14-29(15-24)23-27-26-16-32-23/h1-2,9,16-18,20H,3-8,10-15H2. The van der Waals surface area contributed by atoms with E-state index in [1.54, 1.807) is 12.1 Å². The average molecular weight is 459 g/mol. The monoisotopic (exact) mass is 458 g/mol. The van der Waals surface area contributed by atoms with Gasteiger partial charge in [0.05, 0.1) is 32.9 Å². The first-order chi connectivity index (χ1) is 16.2. The molecule has 8 nitrogen and oxygen atoms in total. The van der Waals surface area contributed by atoms with Crippen molar-refractivity contribution in [3.63, 3.8) is 0 Å². The first kappa shape index (κ1) is 21.3. The number of anilines is 1. The maximum Gasteiger partial charge on any atom is 0.318 e. The Hall–Kier alpha value is -2.23. The minimum Gasteiger partial charge on any atom is -0.493 e. The molecular formula is C24H31FN4O4. The van der Waals surface area contributed by atoms with E-state index in [-0.39, 0.29) is 11.4 Å². The van der Waals surface area contributed by atoms with Gasteiger partial charge in [-0.3, -0.25) is 4.90 Å². The van der Waals surface area contributed by atoms with E-state index in [0.717, 1.165) is 83.0 Å². The molecule has 0 N–H and O–H groups in total. The van der Waals surface area contributed by atoms with Gasteiger partial charge in [-0.1, -0.05) is 5.10 Å². The van der Waals surface area contributed by atoms with E-state index in [1.807, 2.05) is 0 Å². The lowest BCUT2D eigenvalue weighted by molar-refractivity contribution is -0.0216. The maximum atomic E-state index is 14.1. The molecule has 4 aliphatic rings. The zero-order valence-electron chi connectivity index (χ0n) is 18.8. The number of benzene rings is 1. The van der Waals surface area contributed by atoms with Crippen molar-refractivity contribution in [3.05, 3.63) is 36.0 Å². The van der Waals surface area contributed by atoms with Gasteiger partial charge in [-0.05, 0) is 62.9 Å². The number of likely N-dealkylation sites (tertiary alicyclic amines) is 1. The summed E-state index contributed by atoms with van der Waals surface area (Å²) in [7, 11) is 0. The zero-order chi connectivity index (χ0) is 22.3. The van der Waals surface area contributed by atoms with Gasteiger partial charge in [0.1, 0.15) is 17.2 Å². The Morgan fingerprint density at radius 2 is 2.03 bits per heavy atom. The highest BCUT2D eigenvalue weighted by molar-refractivity contribution is 5.37. The van der Waals surface area contributed by atoms with Gasteiger partial charge in [-0.2, -0.15) is 0 Å². The largest absolute Gasteiger partial charge is 0.493 e. The highest BCUT2D eigenvalue weighted by atomic mass is 19.1. The molecule has 33 heavy (non-hydrogen) atoms. The second-order valence-corrected chi connectivity index (χ2v) is 9.96. The van der Waals surface area contributed by atoms with Gasteiger partial charge in [-0.15, -0.1) is 5.10 Å². The minimum absolute atomic E-state index is 0.0937. The van der Waals surface area contributed by atoms with E-state index < -0.39 is 0 Å². The summed E-state index contributed by atoms with van der Waals surface area (Å²) in [5.41, 5.74) is 0.922. The molecular weight excluding hydrogens is 427 g/mol. The van der Waals surface area contributed by atoms with Gasteiger partial charge < -0.3 is 23.5 Å². The van der Waals surface area contributed by atoms with Crippen LogP contribution in [0.3, 0.4) is 0 Å². The van der Waals surface area contributed by atoms with Crippen LogP contribution in [0.5, 0.6) is 5.75 Å². The van der Waals surface area contributed by atoms with Crippen molar-refractivity contribution in [3.8, 4) is 5.75 Å². The van der Waals surface area contributed by atoms with Crippen molar-refractivity contribution in [2.75, 3.05) is 57.5 Å². The van der Waals surface area contributed by atoms with Crippen LogP contribution in [-0.2, 0) is 9.47 Å². The first-order valence-electron chi connectivity index (χ1n) is 12.1. The Labute approximate surface area is 193 Å². The third-order valence-corrected chi connectivity index (χ3v) is 7.72. The Morgan fingerprint density at radius 1 is 1.15 bits per heavy atom. The molecule has 4 fully saturated rings. The molecule has 1 aromatic heterocycles. The summed E-state index contributed by atoms with van der Waals surface area (Å²) in [5, 5.41) is 7.75. The molecule has 6 rings (SSSR count). The Balaban J connectivity index is 1.03. The van der Waals surface area contributed by atoms with Gasteiger partial charge in [0.25, 0.3) is 0 Å². The van der Waals surface area contributed by atoms with Crippen LogP contribution in [0, 0.1) is 11.7 Å². The van der Waals surface area contributed by atoms with Crippen molar-refractivity contribution in [1.82, 2.24) is 15.1 Å². The quantitative estimate of drug-likeness (QED) is 0.655. The summed E-state index contributed by atoms with van der Waals surface area (Å²) in [6.45, 7) is 6.57. The van der Waals surface area contributed by atoms with E-state index in [4.69, 9.17) is 18.6 Å². The molecule has 5 heterocycles. The van der Waals surface area contributed by atoms with Crippen molar-refractivity contribution >= 4 is 6.01 Å². The second-order valence-electron chi connectivity index (χ2n) is 9.96. The summed E-state index contributed by atoms with van der Waals surface area (Å²) >= 11 is 0. The van der Waals surface area contributed by atoms with E-state index in [9.17, 15) is 4.39 Å². The molecule has 1 aromatic carbocycles. The lowest BCUT2D eigenvalue weighted by atomic mass is 9.86. The number of hydrogen-bond acceptors (Lipinski definition) is 8. The van der Waals surface area contributed by atoms with Crippen LogP contribution >= 0.6 is 0 Å². The van der Waals surface area contributed by atoms with Crippen LogP contribution in [0.15, 0.2) is 29.0 Å². The fourth-order valence-corrected chi connectivity index (χ4v) is 5.83. The molecule has 4 aliphatic heterocycles. The van der Waals surface area contributed by atoms with Gasteiger partial charge in [-0.25, -0.2) is 4.39 Å². The van der Waals surface area contributed by atoms with E-state index in [0.29, 0.717) is 30.5 Å². The van der Waals surface area contributed by atoms with Crippen LogP contribution in [0.2, 0.25) is 0 Å². The molecule has 0 radical (unpaired) electrons. The number of ether oxygens (including phenoxy) is 3. The molecule has 0 amide bonds. The maximum absolute atomic E-state index is 14.1. The zero-order valence-corrected chi connectivity index (χ0v) is 18.8. The molecule has 4 saturated heterocycles. The summed E-state index contributed by atoms with van der Waals surface area (Å²) in [4.78, 5) is 4.63. The van der Waals surface area contributed by atoms with Crippen molar-refractivity contribution in [1.29, 1.82) is 0 Å². The number of hydrogen-bond donors (Lipinski definition) is 0. The molecule has 0 saturated carbocycles. The van der Waals surface area contributed by atoms with Crippen LogP contribution in [0.4, 0.5) is 10.4 Å². The average Bonchev–Trinajstić information content (AvgIpc) is 3.59. The van der Waals surface area contributed by atoms with E-state index in [1.165, 1.54) is 12.5 Å². The minimum atomic E-state index is -0.189. The van der Waals surface area contributed by atoms with Crippen molar-refractivity contribution in [2.24, 2.45) is 5.92 Å². The highest BCUT2D eigenvalue weighted by Crippen LogP contribution is 2.41. The number of piperidine rings is 1.